The molecule has 0 aliphatic carbocycles. The van der Waals surface area contributed by atoms with Crippen molar-refractivity contribution in [2.75, 3.05) is 0 Å². The molecule has 0 saturated heterocycles. The van der Waals surface area contributed by atoms with Gasteiger partial charge in [-0.3, -0.25) is 0 Å². The van der Waals surface area contributed by atoms with E-state index in [1.54, 1.807) is 6.07 Å². The van der Waals surface area contributed by atoms with Crippen LogP contribution < -0.4 is 4.74 Å². The molecule has 3 rings (SSSR count). The minimum atomic E-state index is -0.359. The third-order valence-electron chi connectivity index (χ3n) is 3.49. The summed E-state index contributed by atoms with van der Waals surface area (Å²) in [4.78, 5) is 12.4. The molecule has 0 amide bonds. The average Bonchev–Trinajstić information content (AvgIpc) is 2.46. The van der Waals surface area contributed by atoms with Crippen molar-refractivity contribution < 1.29 is 9.53 Å². The molecule has 3 aromatic rings. The number of halogens is 1. The SMILES string of the molecule is Cc1cc(C)cc(OC(=O)c2ccc3ccccc3c2Br)c1. The summed E-state index contributed by atoms with van der Waals surface area (Å²) >= 11 is 3.52. The Labute approximate surface area is 137 Å². The third kappa shape index (κ3) is 2.90. The van der Waals surface area contributed by atoms with Gasteiger partial charge in [0.2, 0.25) is 0 Å². The second-order valence-corrected chi connectivity index (χ2v) is 6.15. The number of fused-ring (bicyclic) bond motifs is 1. The Hall–Kier alpha value is -2.13. The van der Waals surface area contributed by atoms with Crippen molar-refractivity contribution in [2.45, 2.75) is 13.8 Å². The normalized spacial score (nSPS) is 10.7. The van der Waals surface area contributed by atoms with Gasteiger partial charge in [-0.05, 0) is 69.9 Å². The molecule has 3 heteroatoms. The molecule has 0 fully saturated rings. The standard InChI is InChI=1S/C19H15BrO2/c1-12-9-13(2)11-15(10-12)22-19(21)17-8-7-14-5-3-4-6-16(14)18(17)20/h3-11H,1-2H3. The smallest absolute Gasteiger partial charge is 0.344 e. The molecule has 0 N–H and O–H groups in total. The van der Waals surface area contributed by atoms with E-state index in [1.165, 1.54) is 0 Å². The maximum Gasteiger partial charge on any atom is 0.344 e. The average molecular weight is 355 g/mol. The molecule has 2 nitrogen and oxygen atoms in total. The number of carbonyl (C=O) groups excluding carboxylic acids is 1. The van der Waals surface area contributed by atoms with Crippen LogP contribution in [-0.4, -0.2) is 5.97 Å². The molecule has 0 radical (unpaired) electrons. The van der Waals surface area contributed by atoms with Crippen LogP contribution in [0.2, 0.25) is 0 Å². The third-order valence-corrected chi connectivity index (χ3v) is 4.34. The molecule has 0 atom stereocenters. The molecule has 0 heterocycles. The first-order valence-corrected chi connectivity index (χ1v) is 7.81. The van der Waals surface area contributed by atoms with Crippen molar-refractivity contribution in [3.05, 3.63) is 75.8 Å². The highest BCUT2D eigenvalue weighted by molar-refractivity contribution is 9.10. The van der Waals surface area contributed by atoms with Gasteiger partial charge < -0.3 is 4.74 Å². The molecule has 0 aliphatic heterocycles. The molecular weight excluding hydrogens is 340 g/mol. The largest absolute Gasteiger partial charge is 0.423 e. The first kappa shape index (κ1) is 14.8. The molecule has 0 saturated carbocycles. The molecule has 0 spiro atoms. The maximum absolute atomic E-state index is 12.4. The van der Waals surface area contributed by atoms with E-state index in [9.17, 15) is 4.79 Å². The lowest BCUT2D eigenvalue weighted by molar-refractivity contribution is 0.0734. The lowest BCUT2D eigenvalue weighted by Gasteiger charge is -2.09. The highest BCUT2D eigenvalue weighted by Crippen LogP contribution is 2.29. The van der Waals surface area contributed by atoms with Gasteiger partial charge in [0, 0.05) is 4.47 Å². The minimum Gasteiger partial charge on any atom is -0.423 e. The molecule has 3 aromatic carbocycles. The number of hydrogen-bond donors (Lipinski definition) is 0. The molecule has 0 unspecified atom stereocenters. The number of rotatable bonds is 2. The molecule has 0 aromatic heterocycles. The van der Waals surface area contributed by atoms with Crippen LogP contribution in [0.4, 0.5) is 0 Å². The van der Waals surface area contributed by atoms with Crippen LogP contribution in [0.1, 0.15) is 21.5 Å². The number of ether oxygens (including phenoxy) is 1. The second kappa shape index (κ2) is 5.93. The van der Waals surface area contributed by atoms with Crippen molar-refractivity contribution in [1.29, 1.82) is 0 Å². The summed E-state index contributed by atoms with van der Waals surface area (Å²) in [5.74, 6) is 0.213. The van der Waals surface area contributed by atoms with Crippen molar-refractivity contribution in [2.24, 2.45) is 0 Å². The summed E-state index contributed by atoms with van der Waals surface area (Å²) in [5.41, 5.74) is 2.67. The van der Waals surface area contributed by atoms with Crippen molar-refractivity contribution in [3.63, 3.8) is 0 Å². The van der Waals surface area contributed by atoms with Crippen LogP contribution in [0.25, 0.3) is 10.8 Å². The summed E-state index contributed by atoms with van der Waals surface area (Å²) in [7, 11) is 0. The van der Waals surface area contributed by atoms with Crippen molar-refractivity contribution in [3.8, 4) is 5.75 Å². The van der Waals surface area contributed by atoms with Gasteiger partial charge in [0.1, 0.15) is 5.75 Å². The number of esters is 1. The molecule has 0 bridgehead atoms. The Kier molecular flexibility index (Phi) is 3.99. The van der Waals surface area contributed by atoms with Crippen LogP contribution in [0.15, 0.2) is 59.1 Å². The first-order chi connectivity index (χ1) is 10.5. The highest BCUT2D eigenvalue weighted by atomic mass is 79.9. The topological polar surface area (TPSA) is 26.3 Å². The zero-order chi connectivity index (χ0) is 15.7. The molecule has 0 aliphatic rings. The summed E-state index contributed by atoms with van der Waals surface area (Å²) < 4.78 is 6.29. The zero-order valence-corrected chi connectivity index (χ0v) is 14.0. The minimum absolute atomic E-state index is 0.359. The quantitative estimate of drug-likeness (QED) is 0.452. The zero-order valence-electron chi connectivity index (χ0n) is 12.4. The molecular formula is C19H15BrO2. The van der Waals surface area contributed by atoms with E-state index in [1.807, 2.05) is 62.4 Å². The Morgan fingerprint density at radius 2 is 1.64 bits per heavy atom. The molecule has 110 valence electrons. The number of hydrogen-bond acceptors (Lipinski definition) is 2. The second-order valence-electron chi connectivity index (χ2n) is 5.36. The van der Waals surface area contributed by atoms with Gasteiger partial charge in [0.05, 0.1) is 5.56 Å². The summed E-state index contributed by atoms with van der Waals surface area (Å²) in [6, 6.07) is 17.4. The fourth-order valence-electron chi connectivity index (χ4n) is 2.55. The summed E-state index contributed by atoms with van der Waals surface area (Å²) in [5, 5.41) is 2.08. The summed E-state index contributed by atoms with van der Waals surface area (Å²) in [6.07, 6.45) is 0. The van der Waals surface area contributed by atoms with E-state index in [-0.39, 0.29) is 5.97 Å². The predicted molar refractivity (Wildman–Crippen MR) is 92.5 cm³/mol. The predicted octanol–water partition coefficient (Wildman–Crippen LogP) is 5.44. The van der Waals surface area contributed by atoms with Crippen LogP contribution in [0.5, 0.6) is 5.75 Å². The fraction of sp³-hybridized carbons (Fsp3) is 0.105. The number of benzene rings is 3. The van der Waals surface area contributed by atoms with Crippen LogP contribution in [-0.2, 0) is 0 Å². The van der Waals surface area contributed by atoms with Gasteiger partial charge >= 0.3 is 5.97 Å². The lowest BCUT2D eigenvalue weighted by Crippen LogP contribution is -2.09. The van der Waals surface area contributed by atoms with E-state index in [2.05, 4.69) is 15.9 Å². The summed E-state index contributed by atoms with van der Waals surface area (Å²) in [6.45, 7) is 3.96. The molecule has 22 heavy (non-hydrogen) atoms. The van der Waals surface area contributed by atoms with Crippen LogP contribution >= 0.6 is 15.9 Å². The Morgan fingerprint density at radius 3 is 2.36 bits per heavy atom. The van der Waals surface area contributed by atoms with Crippen LogP contribution in [0.3, 0.4) is 0 Å². The first-order valence-electron chi connectivity index (χ1n) is 7.02. The number of carbonyl (C=O) groups is 1. The van der Waals surface area contributed by atoms with Crippen molar-refractivity contribution >= 4 is 32.7 Å². The van der Waals surface area contributed by atoms with Gasteiger partial charge in [-0.2, -0.15) is 0 Å². The maximum atomic E-state index is 12.4. The Morgan fingerprint density at radius 1 is 0.955 bits per heavy atom. The van der Waals surface area contributed by atoms with Gasteiger partial charge in [0.15, 0.2) is 0 Å². The monoisotopic (exact) mass is 354 g/mol. The van der Waals surface area contributed by atoms with Gasteiger partial charge in [-0.25, -0.2) is 4.79 Å². The highest BCUT2D eigenvalue weighted by Gasteiger charge is 2.15. The van der Waals surface area contributed by atoms with E-state index in [0.717, 1.165) is 26.4 Å². The van der Waals surface area contributed by atoms with E-state index in [4.69, 9.17) is 4.74 Å². The van der Waals surface area contributed by atoms with Gasteiger partial charge in [0.25, 0.3) is 0 Å². The van der Waals surface area contributed by atoms with E-state index >= 15 is 0 Å². The number of aryl methyl sites for hydroxylation is 2. The fourth-order valence-corrected chi connectivity index (χ4v) is 3.20. The Balaban J connectivity index is 1.97. The lowest BCUT2D eigenvalue weighted by atomic mass is 10.1. The van der Waals surface area contributed by atoms with Crippen LogP contribution in [0, 0.1) is 13.8 Å². The Bertz CT molecular complexity index is 848. The van der Waals surface area contributed by atoms with E-state index in [0.29, 0.717) is 11.3 Å². The van der Waals surface area contributed by atoms with E-state index < -0.39 is 0 Å². The van der Waals surface area contributed by atoms with Gasteiger partial charge in [-0.1, -0.05) is 36.4 Å². The van der Waals surface area contributed by atoms with Gasteiger partial charge in [-0.15, -0.1) is 0 Å². The van der Waals surface area contributed by atoms with Crippen molar-refractivity contribution in [1.82, 2.24) is 0 Å².